The van der Waals surface area contributed by atoms with Gasteiger partial charge < -0.3 is 10.1 Å². The van der Waals surface area contributed by atoms with E-state index < -0.39 is 5.97 Å². The molecule has 0 saturated heterocycles. The van der Waals surface area contributed by atoms with Crippen LogP contribution in [0.2, 0.25) is 5.02 Å². The van der Waals surface area contributed by atoms with Gasteiger partial charge in [-0.3, -0.25) is 4.79 Å². The lowest BCUT2D eigenvalue weighted by atomic mass is 10.1. The molecule has 1 rings (SSSR count). The van der Waals surface area contributed by atoms with Crippen molar-refractivity contribution in [2.75, 3.05) is 7.11 Å². The zero-order valence-corrected chi connectivity index (χ0v) is 12.1. The highest BCUT2D eigenvalue weighted by Crippen LogP contribution is 2.18. The van der Waals surface area contributed by atoms with Crippen LogP contribution in [0.1, 0.15) is 36.2 Å². The van der Waals surface area contributed by atoms with E-state index in [1.54, 1.807) is 18.2 Å². The molecule has 1 amide bonds. The first-order valence-electron chi connectivity index (χ1n) is 6.07. The Morgan fingerprint density at radius 2 is 2.05 bits per heavy atom. The minimum absolute atomic E-state index is 0.00966. The van der Waals surface area contributed by atoms with Crippen LogP contribution in [0.15, 0.2) is 18.2 Å². The smallest absolute Gasteiger partial charge is 0.339 e. The molecule has 0 bridgehead atoms. The second-order valence-electron chi connectivity index (χ2n) is 4.68. The van der Waals surface area contributed by atoms with E-state index in [9.17, 15) is 9.59 Å². The van der Waals surface area contributed by atoms with E-state index in [1.165, 1.54) is 7.11 Å². The average Bonchev–Trinajstić information content (AvgIpc) is 2.36. The van der Waals surface area contributed by atoms with Crippen LogP contribution in [0.25, 0.3) is 0 Å². The van der Waals surface area contributed by atoms with E-state index in [4.69, 9.17) is 11.6 Å². The third kappa shape index (κ3) is 4.91. The lowest BCUT2D eigenvalue weighted by molar-refractivity contribution is -0.121. The molecule has 0 aromatic heterocycles. The number of rotatable bonds is 5. The third-order valence-electron chi connectivity index (χ3n) is 2.52. The van der Waals surface area contributed by atoms with Crippen molar-refractivity contribution in [1.82, 2.24) is 5.32 Å². The van der Waals surface area contributed by atoms with Crippen molar-refractivity contribution in [2.45, 2.75) is 26.8 Å². The average molecular weight is 284 g/mol. The minimum atomic E-state index is -0.486. The van der Waals surface area contributed by atoms with Crippen LogP contribution in [0.3, 0.4) is 0 Å². The number of hydrogen-bond donors (Lipinski definition) is 1. The Balaban J connectivity index is 2.70. The van der Waals surface area contributed by atoms with Crippen LogP contribution in [0.5, 0.6) is 0 Å². The zero-order valence-electron chi connectivity index (χ0n) is 11.3. The monoisotopic (exact) mass is 283 g/mol. The highest BCUT2D eigenvalue weighted by atomic mass is 35.5. The van der Waals surface area contributed by atoms with Crippen molar-refractivity contribution >= 4 is 23.5 Å². The van der Waals surface area contributed by atoms with Gasteiger partial charge in [0, 0.05) is 13.0 Å². The predicted molar refractivity (Wildman–Crippen MR) is 74.1 cm³/mol. The Morgan fingerprint density at radius 1 is 1.37 bits per heavy atom. The predicted octanol–water partition coefficient (Wildman–Crippen LogP) is 2.79. The number of esters is 1. The molecule has 1 aromatic carbocycles. The number of nitrogens with one attached hydrogen (secondary N) is 1. The first-order chi connectivity index (χ1) is 8.93. The van der Waals surface area contributed by atoms with Gasteiger partial charge in [0.2, 0.25) is 5.91 Å². The Labute approximate surface area is 118 Å². The minimum Gasteiger partial charge on any atom is -0.465 e. The standard InChI is InChI=1S/C14H18ClNO3/c1-9(2)6-13(17)16-8-10-4-5-12(15)11(7-10)14(18)19-3/h4-5,7,9H,6,8H2,1-3H3,(H,16,17). The van der Waals surface area contributed by atoms with Crippen molar-refractivity contribution in [3.8, 4) is 0 Å². The Morgan fingerprint density at radius 3 is 2.63 bits per heavy atom. The van der Waals surface area contributed by atoms with Gasteiger partial charge in [0.1, 0.15) is 0 Å². The molecule has 104 valence electrons. The molecular weight excluding hydrogens is 266 g/mol. The van der Waals surface area contributed by atoms with E-state index in [-0.39, 0.29) is 5.91 Å². The van der Waals surface area contributed by atoms with E-state index in [0.717, 1.165) is 5.56 Å². The van der Waals surface area contributed by atoms with Crippen LogP contribution in [-0.4, -0.2) is 19.0 Å². The lowest BCUT2D eigenvalue weighted by Crippen LogP contribution is -2.24. The molecule has 0 fully saturated rings. The molecule has 0 aliphatic rings. The molecule has 5 heteroatoms. The summed E-state index contributed by atoms with van der Waals surface area (Å²) in [4.78, 5) is 23.0. The van der Waals surface area contributed by atoms with Crippen LogP contribution < -0.4 is 5.32 Å². The molecule has 0 unspecified atom stereocenters. The SMILES string of the molecule is COC(=O)c1cc(CNC(=O)CC(C)C)ccc1Cl. The molecule has 1 N–H and O–H groups in total. The summed E-state index contributed by atoms with van der Waals surface area (Å²) in [6.07, 6.45) is 0.484. The van der Waals surface area contributed by atoms with Crippen LogP contribution in [0, 0.1) is 5.92 Å². The molecular formula is C14H18ClNO3. The van der Waals surface area contributed by atoms with Gasteiger partial charge in [-0.2, -0.15) is 0 Å². The zero-order chi connectivity index (χ0) is 14.4. The number of benzene rings is 1. The van der Waals surface area contributed by atoms with Gasteiger partial charge in [-0.25, -0.2) is 4.79 Å². The Hall–Kier alpha value is -1.55. The molecule has 0 aliphatic heterocycles. The second kappa shape index (κ2) is 7.14. The fraction of sp³-hybridized carbons (Fsp3) is 0.429. The maximum Gasteiger partial charge on any atom is 0.339 e. The number of hydrogen-bond acceptors (Lipinski definition) is 3. The number of carbonyl (C=O) groups is 2. The quantitative estimate of drug-likeness (QED) is 0.846. The van der Waals surface area contributed by atoms with Crippen molar-refractivity contribution in [3.05, 3.63) is 34.3 Å². The Bertz CT molecular complexity index is 472. The van der Waals surface area contributed by atoms with Crippen LogP contribution in [-0.2, 0) is 16.1 Å². The molecule has 0 heterocycles. The van der Waals surface area contributed by atoms with Crippen LogP contribution in [0.4, 0.5) is 0 Å². The molecule has 4 nitrogen and oxygen atoms in total. The lowest BCUT2D eigenvalue weighted by Gasteiger charge is -2.09. The summed E-state index contributed by atoms with van der Waals surface area (Å²) < 4.78 is 4.64. The summed E-state index contributed by atoms with van der Waals surface area (Å²) in [7, 11) is 1.30. The van der Waals surface area contributed by atoms with Crippen molar-refractivity contribution in [1.29, 1.82) is 0 Å². The number of halogens is 1. The highest BCUT2D eigenvalue weighted by Gasteiger charge is 2.12. The van der Waals surface area contributed by atoms with Gasteiger partial charge in [0.25, 0.3) is 0 Å². The molecule has 0 atom stereocenters. The van der Waals surface area contributed by atoms with Gasteiger partial charge >= 0.3 is 5.97 Å². The molecule has 0 saturated carbocycles. The molecule has 0 radical (unpaired) electrons. The van der Waals surface area contributed by atoms with E-state index in [2.05, 4.69) is 10.1 Å². The molecule has 1 aromatic rings. The van der Waals surface area contributed by atoms with Crippen molar-refractivity contribution in [2.24, 2.45) is 5.92 Å². The van der Waals surface area contributed by atoms with E-state index >= 15 is 0 Å². The van der Waals surface area contributed by atoms with E-state index in [0.29, 0.717) is 29.5 Å². The first-order valence-corrected chi connectivity index (χ1v) is 6.45. The van der Waals surface area contributed by atoms with E-state index in [1.807, 2.05) is 13.8 Å². The largest absolute Gasteiger partial charge is 0.465 e. The fourth-order valence-corrected chi connectivity index (χ4v) is 1.79. The topological polar surface area (TPSA) is 55.4 Å². The van der Waals surface area contributed by atoms with Crippen molar-refractivity contribution in [3.63, 3.8) is 0 Å². The molecule has 0 spiro atoms. The molecule has 0 aliphatic carbocycles. The van der Waals surface area contributed by atoms with Crippen LogP contribution >= 0.6 is 11.6 Å². The number of ether oxygens (including phenoxy) is 1. The number of carbonyl (C=O) groups excluding carboxylic acids is 2. The third-order valence-corrected chi connectivity index (χ3v) is 2.85. The summed E-state index contributed by atoms with van der Waals surface area (Å²) in [5.41, 5.74) is 1.11. The first kappa shape index (κ1) is 15.5. The summed E-state index contributed by atoms with van der Waals surface area (Å²) in [6.45, 7) is 4.33. The van der Waals surface area contributed by atoms with Gasteiger partial charge in [0.15, 0.2) is 0 Å². The van der Waals surface area contributed by atoms with Crippen molar-refractivity contribution < 1.29 is 14.3 Å². The highest BCUT2D eigenvalue weighted by molar-refractivity contribution is 6.33. The summed E-state index contributed by atoms with van der Waals surface area (Å²) in [5.74, 6) is -0.180. The molecule has 19 heavy (non-hydrogen) atoms. The van der Waals surface area contributed by atoms with Gasteiger partial charge in [-0.1, -0.05) is 31.5 Å². The Kier molecular flexibility index (Phi) is 5.83. The van der Waals surface area contributed by atoms with Gasteiger partial charge in [-0.05, 0) is 23.6 Å². The fourth-order valence-electron chi connectivity index (χ4n) is 1.59. The summed E-state index contributed by atoms with van der Waals surface area (Å²) in [6, 6.07) is 5.02. The van der Waals surface area contributed by atoms with Gasteiger partial charge in [-0.15, -0.1) is 0 Å². The number of methoxy groups -OCH3 is 1. The van der Waals surface area contributed by atoms with Gasteiger partial charge in [0.05, 0.1) is 17.7 Å². The second-order valence-corrected chi connectivity index (χ2v) is 5.09. The normalized spacial score (nSPS) is 10.4. The maximum atomic E-state index is 11.5. The maximum absolute atomic E-state index is 11.5. The summed E-state index contributed by atoms with van der Waals surface area (Å²) in [5, 5.41) is 3.14. The summed E-state index contributed by atoms with van der Waals surface area (Å²) >= 11 is 5.91. The number of amides is 1.